The number of sulfonamides is 1. The number of anilines is 2. The second-order valence-electron chi connectivity index (χ2n) is 6.15. The molecule has 0 radical (unpaired) electrons. The lowest BCUT2D eigenvalue weighted by atomic mass is 10.2. The van der Waals surface area contributed by atoms with Crippen molar-refractivity contribution in [3.63, 3.8) is 0 Å². The molecule has 2 N–H and O–H groups in total. The highest BCUT2D eigenvalue weighted by atomic mass is 35.5. The Balaban J connectivity index is 1.96. The zero-order valence-electron chi connectivity index (χ0n) is 15.4. The zero-order valence-corrected chi connectivity index (χ0v) is 17.8. The number of amides is 1. The van der Waals surface area contributed by atoms with Crippen molar-refractivity contribution in [1.82, 2.24) is 0 Å². The predicted octanol–water partition coefficient (Wildman–Crippen LogP) is 3.84. The van der Waals surface area contributed by atoms with Crippen LogP contribution in [0.15, 0.2) is 40.1 Å². The minimum absolute atomic E-state index is 0.00990. The number of methoxy groups -OCH3 is 2. The summed E-state index contributed by atoms with van der Waals surface area (Å²) in [4.78, 5) is 12.9. The van der Waals surface area contributed by atoms with E-state index in [1.54, 1.807) is 6.07 Å². The van der Waals surface area contributed by atoms with Crippen molar-refractivity contribution in [2.45, 2.75) is 16.7 Å². The minimum Gasteiger partial charge on any atom is -0.495 e. The van der Waals surface area contributed by atoms with E-state index in [4.69, 9.17) is 21.1 Å². The van der Waals surface area contributed by atoms with Crippen LogP contribution >= 0.6 is 23.4 Å². The number of rotatable bonds is 5. The molecule has 10 heteroatoms. The number of fused-ring (bicyclic) bond motifs is 1. The molecular weight excluding hydrogens is 424 g/mol. The fraction of sp³-hybridized carbons (Fsp3) is 0.278. The van der Waals surface area contributed by atoms with Gasteiger partial charge >= 0.3 is 0 Å². The highest BCUT2D eigenvalue weighted by Gasteiger charge is 2.24. The predicted molar refractivity (Wildman–Crippen MR) is 110 cm³/mol. The van der Waals surface area contributed by atoms with Crippen LogP contribution in [0, 0.1) is 5.92 Å². The van der Waals surface area contributed by atoms with Gasteiger partial charge in [0, 0.05) is 22.6 Å². The van der Waals surface area contributed by atoms with E-state index in [1.165, 1.54) is 50.2 Å². The average Bonchev–Trinajstić information content (AvgIpc) is 2.80. The molecule has 7 nitrogen and oxygen atoms in total. The monoisotopic (exact) mass is 442 g/mol. The van der Waals surface area contributed by atoms with Gasteiger partial charge in [0.25, 0.3) is 10.0 Å². The van der Waals surface area contributed by atoms with Crippen LogP contribution in [0.5, 0.6) is 11.5 Å². The van der Waals surface area contributed by atoms with Crippen LogP contribution in [0.25, 0.3) is 0 Å². The number of nitrogens with one attached hydrogen (secondary N) is 2. The summed E-state index contributed by atoms with van der Waals surface area (Å²) in [6.45, 7) is 1.83. The van der Waals surface area contributed by atoms with Crippen molar-refractivity contribution in [2.75, 3.05) is 30.0 Å². The largest absolute Gasteiger partial charge is 0.495 e. The van der Waals surface area contributed by atoms with Crippen molar-refractivity contribution < 1.29 is 22.7 Å². The molecule has 1 aliphatic heterocycles. The van der Waals surface area contributed by atoms with Gasteiger partial charge in [-0.1, -0.05) is 18.5 Å². The van der Waals surface area contributed by atoms with Crippen molar-refractivity contribution in [3.8, 4) is 11.5 Å². The van der Waals surface area contributed by atoms with E-state index in [0.717, 1.165) is 4.90 Å². The maximum atomic E-state index is 12.9. The normalized spacial score (nSPS) is 16.6. The Morgan fingerprint density at radius 2 is 1.89 bits per heavy atom. The molecule has 0 bridgehead atoms. The zero-order chi connectivity index (χ0) is 20.5. The Hall–Kier alpha value is -2.10. The van der Waals surface area contributed by atoms with E-state index in [1.807, 2.05) is 6.92 Å². The lowest BCUT2D eigenvalue weighted by molar-refractivity contribution is -0.118. The molecule has 28 heavy (non-hydrogen) atoms. The van der Waals surface area contributed by atoms with E-state index < -0.39 is 10.0 Å². The van der Waals surface area contributed by atoms with Gasteiger partial charge in [0.1, 0.15) is 11.5 Å². The number of ether oxygens (including phenoxy) is 2. The molecule has 2 aromatic rings. The lowest BCUT2D eigenvalue weighted by Gasteiger charge is -2.15. The van der Waals surface area contributed by atoms with E-state index in [9.17, 15) is 13.2 Å². The van der Waals surface area contributed by atoms with Crippen molar-refractivity contribution in [1.29, 1.82) is 0 Å². The highest BCUT2D eigenvalue weighted by molar-refractivity contribution is 7.99. The minimum atomic E-state index is -3.95. The maximum Gasteiger partial charge on any atom is 0.262 e. The maximum absolute atomic E-state index is 12.9. The number of halogens is 1. The Labute approximate surface area is 172 Å². The van der Waals surface area contributed by atoms with Crippen LogP contribution in [0.4, 0.5) is 11.4 Å². The Morgan fingerprint density at radius 1 is 1.18 bits per heavy atom. The molecule has 1 amide bonds. The number of carbonyl (C=O) groups is 1. The number of thioether (sulfide) groups is 1. The van der Waals surface area contributed by atoms with Crippen LogP contribution in [-0.2, 0) is 14.8 Å². The van der Waals surface area contributed by atoms with E-state index in [0.29, 0.717) is 17.2 Å². The Morgan fingerprint density at radius 3 is 2.57 bits per heavy atom. The third kappa shape index (κ3) is 4.16. The van der Waals surface area contributed by atoms with Crippen LogP contribution < -0.4 is 19.5 Å². The third-order valence-electron chi connectivity index (χ3n) is 4.17. The molecule has 1 heterocycles. The first kappa shape index (κ1) is 20.6. The number of carbonyl (C=O) groups excluding carboxylic acids is 1. The number of benzene rings is 2. The van der Waals surface area contributed by atoms with Crippen molar-refractivity contribution in [2.24, 2.45) is 5.92 Å². The van der Waals surface area contributed by atoms with E-state index >= 15 is 0 Å². The molecule has 0 spiro atoms. The molecule has 0 saturated carbocycles. The number of hydrogen-bond acceptors (Lipinski definition) is 6. The molecule has 150 valence electrons. The topological polar surface area (TPSA) is 93.7 Å². The van der Waals surface area contributed by atoms with Gasteiger partial charge in [-0.25, -0.2) is 8.42 Å². The summed E-state index contributed by atoms with van der Waals surface area (Å²) in [5.74, 6) is 0.946. The Kier molecular flexibility index (Phi) is 5.97. The quantitative estimate of drug-likeness (QED) is 0.730. The van der Waals surface area contributed by atoms with Gasteiger partial charge in [0.15, 0.2) is 0 Å². The van der Waals surface area contributed by atoms with Crippen LogP contribution in [0.2, 0.25) is 5.02 Å². The SMILES string of the molecule is COc1cc(OC)c(NS(=O)(=O)c2ccc3c(c2)NC(=O)C(C)CS3)cc1Cl. The molecule has 3 rings (SSSR count). The van der Waals surface area contributed by atoms with Gasteiger partial charge in [-0.15, -0.1) is 11.8 Å². The van der Waals surface area contributed by atoms with Crippen molar-refractivity contribution >= 4 is 50.7 Å². The van der Waals surface area contributed by atoms with Gasteiger partial charge in [0.2, 0.25) is 5.91 Å². The standard InChI is InChI=1S/C18H19ClN2O5S2/c1-10-9-27-17-5-4-11(6-14(17)20-18(10)22)28(23,24)21-13-7-12(19)15(25-2)8-16(13)26-3/h4-8,10,21H,9H2,1-3H3,(H,20,22). The van der Waals surface area contributed by atoms with Gasteiger partial charge in [-0.3, -0.25) is 9.52 Å². The summed E-state index contributed by atoms with van der Waals surface area (Å²) in [5.41, 5.74) is 0.650. The summed E-state index contributed by atoms with van der Waals surface area (Å²) in [6.07, 6.45) is 0. The summed E-state index contributed by atoms with van der Waals surface area (Å²) in [6, 6.07) is 7.53. The molecule has 1 atom stereocenters. The summed E-state index contributed by atoms with van der Waals surface area (Å²) >= 11 is 7.62. The molecular formula is C18H19ClN2O5S2. The van der Waals surface area contributed by atoms with Crippen LogP contribution in [0.3, 0.4) is 0 Å². The molecule has 1 aliphatic rings. The second kappa shape index (κ2) is 8.10. The fourth-order valence-electron chi connectivity index (χ4n) is 2.59. The highest BCUT2D eigenvalue weighted by Crippen LogP contribution is 2.38. The summed E-state index contributed by atoms with van der Waals surface area (Å²) in [5, 5.41) is 3.02. The van der Waals surface area contributed by atoms with Gasteiger partial charge in [0.05, 0.1) is 35.5 Å². The lowest BCUT2D eigenvalue weighted by Crippen LogP contribution is -2.20. The van der Waals surface area contributed by atoms with Crippen molar-refractivity contribution in [3.05, 3.63) is 35.4 Å². The van der Waals surface area contributed by atoms with Crippen LogP contribution in [0.1, 0.15) is 6.92 Å². The third-order valence-corrected chi connectivity index (χ3v) is 7.17. The summed E-state index contributed by atoms with van der Waals surface area (Å²) < 4.78 is 38.6. The van der Waals surface area contributed by atoms with E-state index in [2.05, 4.69) is 10.0 Å². The smallest absolute Gasteiger partial charge is 0.262 e. The van der Waals surface area contributed by atoms with Gasteiger partial charge in [-0.05, 0) is 24.3 Å². The molecule has 0 fully saturated rings. The molecule has 1 unspecified atom stereocenters. The first-order chi connectivity index (χ1) is 13.2. The second-order valence-corrected chi connectivity index (χ2v) is 9.30. The average molecular weight is 443 g/mol. The van der Waals surface area contributed by atoms with E-state index in [-0.39, 0.29) is 33.2 Å². The van der Waals surface area contributed by atoms with Crippen LogP contribution in [-0.4, -0.2) is 34.3 Å². The summed E-state index contributed by atoms with van der Waals surface area (Å²) in [7, 11) is -1.08. The molecule has 0 aliphatic carbocycles. The van der Waals surface area contributed by atoms with Gasteiger partial charge < -0.3 is 14.8 Å². The Bertz CT molecular complexity index is 1030. The molecule has 2 aromatic carbocycles. The number of hydrogen-bond donors (Lipinski definition) is 2. The first-order valence-corrected chi connectivity index (χ1v) is 11.1. The molecule has 0 saturated heterocycles. The van der Waals surface area contributed by atoms with Gasteiger partial charge in [-0.2, -0.15) is 0 Å². The first-order valence-electron chi connectivity index (χ1n) is 8.27. The fourth-order valence-corrected chi connectivity index (χ4v) is 4.93. The molecule has 0 aromatic heterocycles.